The summed E-state index contributed by atoms with van der Waals surface area (Å²) >= 11 is 0. The van der Waals surface area contributed by atoms with E-state index in [0.29, 0.717) is 11.4 Å². The van der Waals surface area contributed by atoms with Crippen LogP contribution in [-0.2, 0) is 54.2 Å². The summed E-state index contributed by atoms with van der Waals surface area (Å²) in [5, 5.41) is 64.1. The predicted octanol–water partition coefficient (Wildman–Crippen LogP) is 2.68. The highest BCUT2D eigenvalue weighted by atomic mass is 16.6. The first kappa shape index (κ1) is 51.5. The molecule has 3 aliphatic carbocycles. The third kappa shape index (κ3) is 9.23. The molecule has 21 heteroatoms. The molecule has 5 N–H and O–H groups in total. The van der Waals surface area contributed by atoms with Crippen molar-refractivity contribution in [2.45, 2.75) is 134 Å². The first-order valence-electron chi connectivity index (χ1n) is 23.0. The fourth-order valence-electron chi connectivity index (χ4n) is 10.9. The second kappa shape index (κ2) is 19.8. The molecule has 11 atom stereocenters. The zero-order valence-corrected chi connectivity index (χ0v) is 39.6. The minimum atomic E-state index is -2.43. The number of benzene rings is 2. The van der Waals surface area contributed by atoms with E-state index in [1.807, 2.05) is 0 Å². The van der Waals surface area contributed by atoms with Crippen molar-refractivity contribution in [2.75, 3.05) is 13.2 Å². The number of nitrogens with zero attached hydrogens (tertiary/aromatic N) is 3. The number of Topliss-reactive ketones (excluding diaryl/α,β-unsaturated/α-hetero) is 1. The van der Waals surface area contributed by atoms with Gasteiger partial charge >= 0.3 is 29.7 Å². The summed E-state index contributed by atoms with van der Waals surface area (Å²) in [4.78, 5) is 97.0. The molecule has 2 saturated carbocycles. The number of hydrogen-bond acceptors (Lipinski definition) is 18. The van der Waals surface area contributed by atoms with E-state index in [4.69, 9.17) is 23.7 Å². The van der Waals surface area contributed by atoms with Crippen LogP contribution in [0.15, 0.2) is 78.0 Å². The maximum atomic E-state index is 15.4. The number of ether oxygens (including phenoxy) is 5. The van der Waals surface area contributed by atoms with Gasteiger partial charge in [-0.3, -0.25) is 19.2 Å². The molecular formula is C49H58N4O17. The number of aliphatic hydroxyl groups excluding tert-OH is 2. The number of aromatic nitrogens is 2. The highest BCUT2D eigenvalue weighted by molar-refractivity contribution is 5.94. The third-order valence-electron chi connectivity index (χ3n) is 14.8. The van der Waals surface area contributed by atoms with Crippen molar-refractivity contribution in [3.05, 3.63) is 105 Å². The molecular weight excluding hydrogens is 917 g/mol. The van der Waals surface area contributed by atoms with Crippen LogP contribution in [0.2, 0.25) is 0 Å². The van der Waals surface area contributed by atoms with Crippen molar-refractivity contribution < 1.29 is 77.8 Å². The third-order valence-corrected chi connectivity index (χ3v) is 14.8. The van der Waals surface area contributed by atoms with Crippen LogP contribution < -0.4 is 5.32 Å². The number of esters is 4. The fraction of sp³-hybridized carbons (Fsp3) is 0.531. The molecule has 1 aliphatic heterocycles. The van der Waals surface area contributed by atoms with Crippen LogP contribution >= 0.6 is 0 Å². The fourth-order valence-corrected chi connectivity index (χ4v) is 10.9. The molecule has 21 nitrogen and oxygen atoms in total. The Labute approximate surface area is 402 Å². The number of aliphatic hydroxyl groups is 4. The monoisotopic (exact) mass is 974 g/mol. The molecule has 0 radical (unpaired) electrons. The Kier molecular flexibility index (Phi) is 14.5. The van der Waals surface area contributed by atoms with Gasteiger partial charge in [-0.1, -0.05) is 62.4 Å². The summed E-state index contributed by atoms with van der Waals surface area (Å²) in [6.45, 7) is 7.93. The standard InChI is InChI=1S/C49H58N4O17/c1-26-31(68-45(61)40(58)38(51-28(3)54)29-14-9-7-10-15-29)23-49(63)43(70-44(60)30-16-11-8-12-17-30)41-47(6,42(59)39(57)37(26)46(49,4)5)32(22-33-48(41,62)25-67-33)69-36(56)19-13-18-35(55)66-21-20-52-27(2)50-24-34(52)53(64)65/h7-12,14-17,24,31-33,38-41,43,57-58,62-63H,13,18-23,25H2,1-6H3,(H,51,54)/t31?,32?,33?,38?,39?,40?,41?,43?,47-,48?,49?/m1/s1. The minimum Gasteiger partial charge on any atom is -0.461 e. The largest absolute Gasteiger partial charge is 0.461 e. The van der Waals surface area contributed by atoms with Gasteiger partial charge < -0.3 is 59.5 Å². The Hall–Kier alpha value is -6.39. The molecule has 7 rings (SSSR count). The lowest BCUT2D eigenvalue weighted by Crippen LogP contribution is -2.81. The summed E-state index contributed by atoms with van der Waals surface area (Å²) in [6.07, 6.45) is -10.7. The van der Waals surface area contributed by atoms with Gasteiger partial charge in [-0.2, -0.15) is 0 Å². The average molecular weight is 975 g/mol. The van der Waals surface area contributed by atoms with Crippen molar-refractivity contribution in [1.82, 2.24) is 14.9 Å². The molecule has 10 unspecified atom stereocenters. The lowest BCUT2D eigenvalue weighted by atomic mass is 9.44. The Morgan fingerprint density at radius 1 is 0.971 bits per heavy atom. The quantitative estimate of drug-likeness (QED) is 0.0453. The number of rotatable bonds is 16. The summed E-state index contributed by atoms with van der Waals surface area (Å²) in [7, 11) is 0. The van der Waals surface area contributed by atoms with Gasteiger partial charge in [0.05, 0.1) is 29.7 Å². The Morgan fingerprint density at radius 2 is 1.61 bits per heavy atom. The second-order valence-corrected chi connectivity index (χ2v) is 19.2. The molecule has 2 heterocycles. The molecule has 3 fully saturated rings. The molecule has 0 spiro atoms. The Bertz CT molecular complexity index is 2560. The number of carbonyl (C=O) groups is 6. The van der Waals surface area contributed by atoms with Crippen LogP contribution in [0, 0.1) is 33.8 Å². The van der Waals surface area contributed by atoms with E-state index >= 15 is 4.79 Å². The van der Waals surface area contributed by atoms with Crippen molar-refractivity contribution in [3.63, 3.8) is 0 Å². The van der Waals surface area contributed by atoms with Gasteiger partial charge in [0.1, 0.15) is 55.0 Å². The molecule has 1 aromatic heterocycles. The summed E-state index contributed by atoms with van der Waals surface area (Å²) in [5.41, 5.74) is -7.96. The van der Waals surface area contributed by atoms with E-state index in [2.05, 4.69) is 10.3 Å². The molecule has 1 amide bonds. The summed E-state index contributed by atoms with van der Waals surface area (Å²) in [5.74, 6) is -6.98. The number of ketones is 1. The van der Waals surface area contributed by atoms with E-state index in [-0.39, 0.29) is 61.4 Å². The summed E-state index contributed by atoms with van der Waals surface area (Å²) < 4.78 is 30.7. The van der Waals surface area contributed by atoms with Crippen molar-refractivity contribution in [1.29, 1.82) is 0 Å². The van der Waals surface area contributed by atoms with E-state index in [1.165, 1.54) is 51.3 Å². The van der Waals surface area contributed by atoms with E-state index < -0.39 is 124 Å². The number of hydrogen-bond donors (Lipinski definition) is 5. The number of aryl methyl sites for hydroxylation is 1. The van der Waals surface area contributed by atoms with Gasteiger partial charge in [-0.25, -0.2) is 19.1 Å². The lowest BCUT2D eigenvalue weighted by molar-refractivity contribution is -0.392. The second-order valence-electron chi connectivity index (χ2n) is 19.2. The van der Waals surface area contributed by atoms with Crippen LogP contribution in [0.3, 0.4) is 0 Å². The first-order chi connectivity index (χ1) is 33.0. The molecule has 70 heavy (non-hydrogen) atoms. The number of nitro groups is 1. The van der Waals surface area contributed by atoms with Crippen molar-refractivity contribution in [3.8, 4) is 0 Å². The average Bonchev–Trinajstić information content (AvgIpc) is 3.69. The van der Waals surface area contributed by atoms with Crippen molar-refractivity contribution >= 4 is 41.4 Å². The van der Waals surface area contributed by atoms with Gasteiger partial charge in [0, 0.05) is 50.9 Å². The topological polar surface area (TPSA) is 302 Å². The Morgan fingerprint density at radius 3 is 2.23 bits per heavy atom. The number of amides is 1. The lowest BCUT2D eigenvalue weighted by Gasteiger charge is -2.67. The molecule has 3 aromatic rings. The highest BCUT2D eigenvalue weighted by Gasteiger charge is 2.77. The number of fused-ring (bicyclic) bond motifs is 5. The van der Waals surface area contributed by atoms with Gasteiger partial charge in [-0.05, 0) is 54.0 Å². The van der Waals surface area contributed by atoms with Crippen LogP contribution in [0.5, 0.6) is 0 Å². The SMILES string of the molecule is CC(=O)NC(c1ccccc1)C(O)C(=O)OC1CC2(O)C(OC(=O)c3ccccc3)C3C4(O)COC4CC(OC(=O)CCCC(=O)OCCn4c([N+](=O)[O-])cnc4C)[C@@]3(C)C(=O)C(O)C(=C1C)C2(C)C. The first-order valence-corrected chi connectivity index (χ1v) is 23.0. The van der Waals surface area contributed by atoms with Gasteiger partial charge in [0.15, 0.2) is 17.7 Å². The maximum absolute atomic E-state index is 15.4. The number of imidazole rings is 1. The predicted molar refractivity (Wildman–Crippen MR) is 241 cm³/mol. The number of carbonyl (C=O) groups excluding carboxylic acids is 6. The van der Waals surface area contributed by atoms with Crippen LogP contribution in [-0.4, -0.2) is 132 Å². The summed E-state index contributed by atoms with van der Waals surface area (Å²) in [6, 6.07) is 14.6. The van der Waals surface area contributed by atoms with Crippen LogP contribution in [0.4, 0.5) is 5.82 Å². The highest BCUT2D eigenvalue weighted by Crippen LogP contribution is 2.63. The van der Waals surface area contributed by atoms with E-state index in [0.717, 1.165) is 6.20 Å². The van der Waals surface area contributed by atoms with Crippen molar-refractivity contribution in [2.24, 2.45) is 16.7 Å². The molecule has 4 aliphatic rings. The zero-order valence-electron chi connectivity index (χ0n) is 39.6. The molecule has 2 bridgehead atoms. The molecule has 2 aromatic carbocycles. The van der Waals surface area contributed by atoms with Gasteiger partial charge in [0.25, 0.3) is 0 Å². The smallest absolute Gasteiger partial charge is 0.342 e. The van der Waals surface area contributed by atoms with E-state index in [9.17, 15) is 54.5 Å². The van der Waals surface area contributed by atoms with E-state index in [1.54, 1.807) is 55.5 Å². The maximum Gasteiger partial charge on any atom is 0.342 e. The minimum absolute atomic E-state index is 0.0293. The Balaban J connectivity index is 1.21. The molecule has 1 saturated heterocycles. The van der Waals surface area contributed by atoms with Crippen LogP contribution in [0.25, 0.3) is 0 Å². The van der Waals surface area contributed by atoms with Crippen LogP contribution in [0.1, 0.15) is 94.5 Å². The van der Waals surface area contributed by atoms with Gasteiger partial charge in [-0.15, -0.1) is 0 Å². The van der Waals surface area contributed by atoms with Gasteiger partial charge in [0.2, 0.25) is 5.91 Å². The zero-order chi connectivity index (χ0) is 51.1. The molecule has 376 valence electrons. The number of nitrogens with one attached hydrogen (secondary N) is 1. The normalized spacial score (nSPS) is 29.6.